The summed E-state index contributed by atoms with van der Waals surface area (Å²) in [5, 5.41) is 10.7. The summed E-state index contributed by atoms with van der Waals surface area (Å²) in [7, 11) is 0. The Labute approximate surface area is 104 Å². The molecule has 2 aromatic rings. The minimum Gasteiger partial charge on any atom is -0.383 e. The van der Waals surface area contributed by atoms with Crippen molar-refractivity contribution in [2.45, 2.75) is 24.9 Å². The van der Waals surface area contributed by atoms with E-state index < -0.39 is 6.10 Å². The van der Waals surface area contributed by atoms with Crippen LogP contribution in [0.4, 0.5) is 5.13 Å². The smallest absolute Gasteiger partial charge is 0.180 e. The largest absolute Gasteiger partial charge is 0.383 e. The van der Waals surface area contributed by atoms with Crippen molar-refractivity contribution in [2.75, 3.05) is 5.73 Å². The molecule has 1 aliphatic rings. The molecule has 0 saturated heterocycles. The van der Waals surface area contributed by atoms with Crippen LogP contribution in [0, 0.1) is 0 Å². The molecule has 0 bridgehead atoms. The molecule has 17 heavy (non-hydrogen) atoms. The Kier molecular flexibility index (Phi) is 2.61. The van der Waals surface area contributed by atoms with Crippen molar-refractivity contribution in [3.63, 3.8) is 0 Å². The van der Waals surface area contributed by atoms with Crippen LogP contribution in [-0.4, -0.2) is 10.1 Å². The molecule has 1 aromatic carbocycles. The Hall–Kier alpha value is -1.39. The molecule has 4 heteroatoms. The summed E-state index contributed by atoms with van der Waals surface area (Å²) in [6.45, 7) is 0. The van der Waals surface area contributed by atoms with Gasteiger partial charge in [0.1, 0.15) is 6.10 Å². The molecule has 1 saturated carbocycles. The molecule has 88 valence electrons. The first kappa shape index (κ1) is 10.7. The highest BCUT2D eigenvalue weighted by Gasteiger charge is 2.24. The average Bonchev–Trinajstić information content (AvgIpc) is 3.11. The van der Waals surface area contributed by atoms with Gasteiger partial charge in [-0.25, -0.2) is 4.98 Å². The Balaban J connectivity index is 1.89. The lowest BCUT2D eigenvalue weighted by Gasteiger charge is -2.09. The van der Waals surface area contributed by atoms with E-state index in [0.29, 0.717) is 11.0 Å². The highest BCUT2D eigenvalue weighted by Crippen LogP contribution is 2.41. The molecule has 0 aliphatic heterocycles. The molecule has 3 rings (SSSR count). The van der Waals surface area contributed by atoms with E-state index in [1.807, 2.05) is 12.1 Å². The second-order valence-electron chi connectivity index (χ2n) is 4.45. The van der Waals surface area contributed by atoms with E-state index >= 15 is 0 Å². The zero-order valence-electron chi connectivity index (χ0n) is 9.34. The van der Waals surface area contributed by atoms with E-state index in [-0.39, 0.29) is 0 Å². The van der Waals surface area contributed by atoms with Gasteiger partial charge in [-0.15, -0.1) is 0 Å². The van der Waals surface area contributed by atoms with Crippen LogP contribution in [0.15, 0.2) is 30.5 Å². The number of hydrogen-bond acceptors (Lipinski definition) is 4. The van der Waals surface area contributed by atoms with Crippen LogP contribution in [0.3, 0.4) is 0 Å². The fourth-order valence-corrected chi connectivity index (χ4v) is 2.69. The van der Waals surface area contributed by atoms with Crippen molar-refractivity contribution < 1.29 is 5.11 Å². The fraction of sp³-hybridized carbons (Fsp3) is 0.308. The number of nitrogens with zero attached hydrogens (tertiary/aromatic N) is 1. The zero-order valence-corrected chi connectivity index (χ0v) is 10.2. The predicted octanol–water partition coefficient (Wildman–Crippen LogP) is 2.68. The Morgan fingerprint density at radius 1 is 1.41 bits per heavy atom. The van der Waals surface area contributed by atoms with Crippen molar-refractivity contribution in [3.05, 3.63) is 46.5 Å². The average molecular weight is 246 g/mol. The van der Waals surface area contributed by atoms with Crippen LogP contribution >= 0.6 is 11.3 Å². The minimum atomic E-state index is -0.608. The SMILES string of the molecule is Nc1ncc(C(O)c2cccc(C3CC3)c2)s1. The lowest BCUT2D eigenvalue weighted by atomic mass is 10.0. The maximum Gasteiger partial charge on any atom is 0.180 e. The van der Waals surface area contributed by atoms with Crippen molar-refractivity contribution >= 4 is 16.5 Å². The third kappa shape index (κ3) is 2.18. The first-order chi connectivity index (χ1) is 8.24. The Morgan fingerprint density at radius 2 is 2.24 bits per heavy atom. The monoisotopic (exact) mass is 246 g/mol. The number of nitrogen functional groups attached to an aromatic ring is 1. The van der Waals surface area contributed by atoms with Gasteiger partial charge < -0.3 is 10.8 Å². The van der Waals surface area contributed by atoms with Gasteiger partial charge in [0.25, 0.3) is 0 Å². The summed E-state index contributed by atoms with van der Waals surface area (Å²) in [4.78, 5) is 4.77. The first-order valence-corrected chi connectivity index (χ1v) is 6.55. The molecule has 0 radical (unpaired) electrons. The molecular weight excluding hydrogens is 232 g/mol. The topological polar surface area (TPSA) is 59.1 Å². The molecular formula is C13H14N2OS. The van der Waals surface area contributed by atoms with Crippen LogP contribution in [-0.2, 0) is 0 Å². The van der Waals surface area contributed by atoms with E-state index in [1.54, 1.807) is 6.20 Å². The van der Waals surface area contributed by atoms with Gasteiger partial charge in [0, 0.05) is 6.20 Å². The summed E-state index contributed by atoms with van der Waals surface area (Å²) < 4.78 is 0. The van der Waals surface area contributed by atoms with E-state index in [0.717, 1.165) is 10.4 Å². The van der Waals surface area contributed by atoms with Gasteiger partial charge in [-0.05, 0) is 29.9 Å². The summed E-state index contributed by atoms with van der Waals surface area (Å²) in [6, 6.07) is 8.19. The van der Waals surface area contributed by atoms with Crippen LogP contribution < -0.4 is 5.73 Å². The van der Waals surface area contributed by atoms with Crippen molar-refractivity contribution in [2.24, 2.45) is 0 Å². The quantitative estimate of drug-likeness (QED) is 0.875. The first-order valence-electron chi connectivity index (χ1n) is 5.73. The molecule has 1 atom stereocenters. The molecule has 0 spiro atoms. The van der Waals surface area contributed by atoms with Crippen LogP contribution in [0.2, 0.25) is 0 Å². The number of hydrogen-bond donors (Lipinski definition) is 2. The van der Waals surface area contributed by atoms with Crippen LogP contribution in [0.25, 0.3) is 0 Å². The number of benzene rings is 1. The third-order valence-electron chi connectivity index (χ3n) is 3.09. The second kappa shape index (κ2) is 4.13. The normalized spacial score (nSPS) is 17.0. The van der Waals surface area contributed by atoms with E-state index in [2.05, 4.69) is 17.1 Å². The fourth-order valence-electron chi connectivity index (χ4n) is 1.99. The standard InChI is InChI=1S/C13H14N2OS/c14-13-15-7-11(17-13)12(16)10-3-1-2-9(6-10)8-4-5-8/h1-3,6-8,12,16H,4-5H2,(H2,14,15). The van der Waals surface area contributed by atoms with E-state index in [4.69, 9.17) is 5.73 Å². The number of nitrogens with two attached hydrogens (primary N) is 1. The summed E-state index contributed by atoms with van der Waals surface area (Å²) in [5.41, 5.74) is 7.84. The van der Waals surface area contributed by atoms with Gasteiger partial charge in [0.2, 0.25) is 0 Å². The molecule has 1 aliphatic carbocycles. The molecule has 0 amide bonds. The molecule has 1 unspecified atom stereocenters. The Bertz CT molecular complexity index is 534. The zero-order chi connectivity index (χ0) is 11.8. The number of aliphatic hydroxyl groups is 1. The highest BCUT2D eigenvalue weighted by molar-refractivity contribution is 7.15. The summed E-state index contributed by atoms with van der Waals surface area (Å²) in [5.74, 6) is 0.702. The molecule has 1 fully saturated rings. The minimum absolute atomic E-state index is 0.498. The lowest BCUT2D eigenvalue weighted by Crippen LogP contribution is -1.97. The van der Waals surface area contributed by atoms with Gasteiger partial charge in [-0.2, -0.15) is 0 Å². The predicted molar refractivity (Wildman–Crippen MR) is 69.0 cm³/mol. The van der Waals surface area contributed by atoms with Crippen LogP contribution in [0.1, 0.15) is 40.9 Å². The van der Waals surface area contributed by atoms with E-state index in [9.17, 15) is 5.11 Å². The van der Waals surface area contributed by atoms with Crippen molar-refractivity contribution in [3.8, 4) is 0 Å². The van der Waals surface area contributed by atoms with Gasteiger partial charge in [0.15, 0.2) is 5.13 Å². The number of aromatic nitrogens is 1. The third-order valence-corrected chi connectivity index (χ3v) is 3.97. The maximum absolute atomic E-state index is 10.2. The summed E-state index contributed by atoms with van der Waals surface area (Å²) in [6.07, 6.45) is 3.58. The molecule has 3 nitrogen and oxygen atoms in total. The summed E-state index contributed by atoms with van der Waals surface area (Å²) >= 11 is 1.34. The van der Waals surface area contributed by atoms with Gasteiger partial charge >= 0.3 is 0 Å². The van der Waals surface area contributed by atoms with Gasteiger partial charge in [-0.3, -0.25) is 0 Å². The van der Waals surface area contributed by atoms with Crippen molar-refractivity contribution in [1.29, 1.82) is 0 Å². The van der Waals surface area contributed by atoms with Crippen molar-refractivity contribution in [1.82, 2.24) is 4.98 Å². The van der Waals surface area contributed by atoms with Gasteiger partial charge in [-0.1, -0.05) is 35.6 Å². The molecule has 1 aromatic heterocycles. The van der Waals surface area contributed by atoms with E-state index in [1.165, 1.54) is 29.7 Å². The number of thiazole rings is 1. The number of rotatable bonds is 3. The molecule has 1 heterocycles. The maximum atomic E-state index is 10.2. The van der Waals surface area contributed by atoms with Crippen LogP contribution in [0.5, 0.6) is 0 Å². The number of anilines is 1. The number of aliphatic hydroxyl groups excluding tert-OH is 1. The van der Waals surface area contributed by atoms with Gasteiger partial charge in [0.05, 0.1) is 4.88 Å². The lowest BCUT2D eigenvalue weighted by molar-refractivity contribution is 0.224. The Morgan fingerprint density at radius 3 is 2.88 bits per heavy atom. The highest BCUT2D eigenvalue weighted by atomic mass is 32.1. The second-order valence-corrected chi connectivity index (χ2v) is 5.54. The molecule has 3 N–H and O–H groups in total.